The summed E-state index contributed by atoms with van der Waals surface area (Å²) >= 11 is 3.65. The molecule has 1 aliphatic rings. The first-order chi connectivity index (χ1) is 9.91. The molecule has 1 N–H and O–H groups in total. The Bertz CT molecular complexity index is 479. The summed E-state index contributed by atoms with van der Waals surface area (Å²) in [6, 6.07) is 4.44. The van der Waals surface area contributed by atoms with Crippen LogP contribution in [0.1, 0.15) is 45.2 Å². The van der Waals surface area contributed by atoms with Crippen molar-refractivity contribution in [2.24, 2.45) is 11.3 Å². The lowest BCUT2D eigenvalue weighted by atomic mass is 9.77. The highest BCUT2D eigenvalue weighted by Crippen LogP contribution is 2.37. The Hall–Kier alpha value is -0.540. The SMILES string of the molecule is CCCNCC(Cc1cc(Br)cc2c1OCC2)C(C)(C)C. The molecule has 2 nitrogen and oxygen atoms in total. The summed E-state index contributed by atoms with van der Waals surface area (Å²) in [4.78, 5) is 0. The van der Waals surface area contributed by atoms with E-state index in [0.29, 0.717) is 5.92 Å². The summed E-state index contributed by atoms with van der Waals surface area (Å²) < 4.78 is 7.06. The van der Waals surface area contributed by atoms with Crippen LogP contribution >= 0.6 is 15.9 Å². The fourth-order valence-electron chi connectivity index (χ4n) is 2.90. The summed E-state index contributed by atoms with van der Waals surface area (Å²) in [5, 5.41) is 3.59. The molecule has 0 radical (unpaired) electrons. The highest BCUT2D eigenvalue weighted by Gasteiger charge is 2.27. The van der Waals surface area contributed by atoms with Crippen molar-refractivity contribution in [1.29, 1.82) is 0 Å². The van der Waals surface area contributed by atoms with Crippen LogP contribution in [0.25, 0.3) is 0 Å². The van der Waals surface area contributed by atoms with Gasteiger partial charge in [0.2, 0.25) is 0 Å². The molecule has 118 valence electrons. The molecule has 0 aromatic heterocycles. The molecule has 1 unspecified atom stereocenters. The van der Waals surface area contributed by atoms with E-state index in [1.165, 1.54) is 22.0 Å². The highest BCUT2D eigenvalue weighted by atomic mass is 79.9. The monoisotopic (exact) mass is 353 g/mol. The maximum absolute atomic E-state index is 5.88. The Balaban J connectivity index is 2.17. The summed E-state index contributed by atoms with van der Waals surface area (Å²) in [6.45, 7) is 12.2. The van der Waals surface area contributed by atoms with E-state index in [-0.39, 0.29) is 5.41 Å². The van der Waals surface area contributed by atoms with Crippen LogP contribution in [-0.4, -0.2) is 19.7 Å². The Morgan fingerprint density at radius 1 is 1.33 bits per heavy atom. The van der Waals surface area contributed by atoms with Crippen LogP contribution in [0.2, 0.25) is 0 Å². The van der Waals surface area contributed by atoms with Crippen molar-refractivity contribution >= 4 is 15.9 Å². The number of halogens is 1. The van der Waals surface area contributed by atoms with Crippen molar-refractivity contribution in [2.45, 2.75) is 47.0 Å². The van der Waals surface area contributed by atoms with Gasteiger partial charge in [0.1, 0.15) is 5.75 Å². The van der Waals surface area contributed by atoms with Crippen LogP contribution < -0.4 is 10.1 Å². The van der Waals surface area contributed by atoms with Gasteiger partial charge in [-0.05, 0) is 60.5 Å². The predicted octanol–water partition coefficient (Wildman–Crippen LogP) is 4.59. The van der Waals surface area contributed by atoms with Crippen LogP contribution in [-0.2, 0) is 12.8 Å². The first-order valence-corrected chi connectivity index (χ1v) is 8.86. The van der Waals surface area contributed by atoms with Gasteiger partial charge in [-0.25, -0.2) is 0 Å². The standard InChI is InChI=1S/C18H28BrNO/c1-5-7-20-12-15(18(2,3)4)9-14-11-16(19)10-13-6-8-21-17(13)14/h10-11,15,20H,5-9,12H2,1-4H3. The maximum atomic E-state index is 5.88. The van der Waals surface area contributed by atoms with E-state index in [1.807, 2.05) is 0 Å². The Morgan fingerprint density at radius 3 is 2.76 bits per heavy atom. The third-order valence-corrected chi connectivity index (χ3v) is 4.79. The molecule has 0 spiro atoms. The topological polar surface area (TPSA) is 21.3 Å². The average molecular weight is 354 g/mol. The number of benzene rings is 1. The van der Waals surface area contributed by atoms with Gasteiger partial charge in [-0.2, -0.15) is 0 Å². The summed E-state index contributed by atoms with van der Waals surface area (Å²) in [5.41, 5.74) is 3.00. The lowest BCUT2D eigenvalue weighted by Gasteiger charge is -2.31. The third kappa shape index (κ3) is 4.46. The molecular formula is C18H28BrNO. The van der Waals surface area contributed by atoms with Gasteiger partial charge in [-0.3, -0.25) is 0 Å². The van der Waals surface area contributed by atoms with E-state index < -0.39 is 0 Å². The fraction of sp³-hybridized carbons (Fsp3) is 0.667. The molecule has 1 aromatic rings. The number of rotatable bonds is 6. The molecule has 1 atom stereocenters. The zero-order valence-corrected chi connectivity index (χ0v) is 15.3. The van der Waals surface area contributed by atoms with E-state index >= 15 is 0 Å². The second-order valence-corrected chi connectivity index (χ2v) is 8.04. The van der Waals surface area contributed by atoms with Crippen LogP contribution in [0, 0.1) is 11.3 Å². The molecule has 21 heavy (non-hydrogen) atoms. The summed E-state index contributed by atoms with van der Waals surface area (Å²) in [7, 11) is 0. The summed E-state index contributed by atoms with van der Waals surface area (Å²) in [6.07, 6.45) is 3.30. The molecule has 1 aliphatic heterocycles. The molecule has 1 aromatic carbocycles. The molecule has 0 fully saturated rings. The normalized spacial score (nSPS) is 15.7. The minimum absolute atomic E-state index is 0.286. The van der Waals surface area contributed by atoms with Crippen molar-refractivity contribution < 1.29 is 4.74 Å². The zero-order chi connectivity index (χ0) is 15.5. The molecule has 0 aliphatic carbocycles. The number of hydrogen-bond acceptors (Lipinski definition) is 2. The Labute approximate surface area is 137 Å². The second kappa shape index (κ2) is 7.15. The maximum Gasteiger partial charge on any atom is 0.125 e. The molecule has 0 bridgehead atoms. The van der Waals surface area contributed by atoms with E-state index in [0.717, 1.165) is 38.3 Å². The quantitative estimate of drug-likeness (QED) is 0.755. The van der Waals surface area contributed by atoms with E-state index in [9.17, 15) is 0 Å². The van der Waals surface area contributed by atoms with Gasteiger partial charge < -0.3 is 10.1 Å². The molecule has 1 heterocycles. The molecule has 3 heteroatoms. The molecule has 0 saturated carbocycles. The van der Waals surface area contributed by atoms with E-state index in [2.05, 4.69) is 61.1 Å². The number of fused-ring (bicyclic) bond motifs is 1. The van der Waals surface area contributed by atoms with Gasteiger partial charge in [0.15, 0.2) is 0 Å². The fourth-order valence-corrected chi connectivity index (χ4v) is 3.45. The van der Waals surface area contributed by atoms with Crippen molar-refractivity contribution in [3.63, 3.8) is 0 Å². The number of hydrogen-bond donors (Lipinski definition) is 1. The summed E-state index contributed by atoms with van der Waals surface area (Å²) in [5.74, 6) is 1.74. The van der Waals surface area contributed by atoms with E-state index in [1.54, 1.807) is 0 Å². The Kier molecular flexibility index (Phi) is 5.73. The predicted molar refractivity (Wildman–Crippen MR) is 93.2 cm³/mol. The van der Waals surface area contributed by atoms with Gasteiger partial charge in [-0.1, -0.05) is 43.6 Å². The largest absolute Gasteiger partial charge is 0.493 e. The third-order valence-electron chi connectivity index (χ3n) is 4.33. The van der Waals surface area contributed by atoms with Crippen molar-refractivity contribution in [3.8, 4) is 5.75 Å². The first kappa shape index (κ1) is 16.8. The number of ether oxygens (including phenoxy) is 1. The van der Waals surface area contributed by atoms with Gasteiger partial charge in [-0.15, -0.1) is 0 Å². The van der Waals surface area contributed by atoms with E-state index in [4.69, 9.17) is 4.74 Å². The first-order valence-electron chi connectivity index (χ1n) is 8.06. The highest BCUT2D eigenvalue weighted by molar-refractivity contribution is 9.10. The van der Waals surface area contributed by atoms with Crippen molar-refractivity contribution in [1.82, 2.24) is 5.32 Å². The van der Waals surface area contributed by atoms with Gasteiger partial charge in [0, 0.05) is 10.9 Å². The zero-order valence-electron chi connectivity index (χ0n) is 13.8. The smallest absolute Gasteiger partial charge is 0.125 e. The minimum atomic E-state index is 0.286. The molecule has 2 rings (SSSR count). The van der Waals surface area contributed by atoms with Gasteiger partial charge in [0.25, 0.3) is 0 Å². The van der Waals surface area contributed by atoms with Gasteiger partial charge in [0.05, 0.1) is 6.61 Å². The minimum Gasteiger partial charge on any atom is -0.493 e. The molecular weight excluding hydrogens is 326 g/mol. The van der Waals surface area contributed by atoms with Crippen LogP contribution in [0.3, 0.4) is 0 Å². The molecule has 0 amide bonds. The molecule has 0 saturated heterocycles. The Morgan fingerprint density at radius 2 is 2.10 bits per heavy atom. The van der Waals surface area contributed by atoms with Crippen molar-refractivity contribution in [2.75, 3.05) is 19.7 Å². The number of nitrogens with one attached hydrogen (secondary N) is 1. The lowest BCUT2D eigenvalue weighted by Crippen LogP contribution is -2.33. The van der Waals surface area contributed by atoms with Crippen LogP contribution in [0.4, 0.5) is 0 Å². The second-order valence-electron chi connectivity index (χ2n) is 7.12. The van der Waals surface area contributed by atoms with Crippen molar-refractivity contribution in [3.05, 3.63) is 27.7 Å². The van der Waals surface area contributed by atoms with Gasteiger partial charge >= 0.3 is 0 Å². The lowest BCUT2D eigenvalue weighted by molar-refractivity contribution is 0.229. The average Bonchev–Trinajstić information content (AvgIpc) is 2.84. The van der Waals surface area contributed by atoms with Crippen LogP contribution in [0.15, 0.2) is 16.6 Å². The van der Waals surface area contributed by atoms with Crippen LogP contribution in [0.5, 0.6) is 5.75 Å².